The Hall–Kier alpha value is -4.90. The van der Waals surface area contributed by atoms with Gasteiger partial charge in [0.25, 0.3) is 0 Å². The molecule has 0 aliphatic heterocycles. The van der Waals surface area contributed by atoms with Crippen molar-refractivity contribution >= 4 is 23.9 Å². The minimum Gasteiger partial charge on any atom is -0.497 e. The van der Waals surface area contributed by atoms with Gasteiger partial charge in [0.2, 0.25) is 11.8 Å². The number of alkyl carbamates (subject to hydrolysis) is 1. The minimum atomic E-state index is -0.904. The van der Waals surface area contributed by atoms with Crippen molar-refractivity contribution < 1.29 is 33.4 Å². The van der Waals surface area contributed by atoms with Crippen LogP contribution in [0.2, 0.25) is 0 Å². The Morgan fingerprint density at radius 1 is 0.688 bits per heavy atom. The highest BCUT2D eigenvalue weighted by Gasteiger charge is 2.30. The molecule has 3 aromatic carbocycles. The van der Waals surface area contributed by atoms with Crippen LogP contribution in [0.15, 0.2) is 84.9 Å². The van der Waals surface area contributed by atoms with Crippen LogP contribution >= 0.6 is 0 Å². The number of carbonyl (C=O) groups is 4. The molecule has 258 valence electrons. The predicted molar refractivity (Wildman–Crippen MR) is 183 cm³/mol. The van der Waals surface area contributed by atoms with Crippen LogP contribution in [-0.4, -0.2) is 69.3 Å². The fourth-order valence-corrected chi connectivity index (χ4v) is 5.05. The number of hydrogen-bond donors (Lipinski definition) is 4. The Morgan fingerprint density at radius 2 is 1.33 bits per heavy atom. The second-order valence-corrected chi connectivity index (χ2v) is 11.8. The number of ether oxygens (including phenoxy) is 3. The van der Waals surface area contributed by atoms with Gasteiger partial charge < -0.3 is 30.2 Å². The zero-order valence-corrected chi connectivity index (χ0v) is 28.2. The Kier molecular flexibility index (Phi) is 15.9. The summed E-state index contributed by atoms with van der Waals surface area (Å²) in [5.41, 5.74) is 2.77. The number of benzene rings is 3. The smallest absolute Gasteiger partial charge is 0.407 e. The zero-order chi connectivity index (χ0) is 34.7. The maximum atomic E-state index is 13.8. The van der Waals surface area contributed by atoms with Gasteiger partial charge in [-0.25, -0.2) is 4.79 Å². The van der Waals surface area contributed by atoms with E-state index in [2.05, 4.69) is 21.3 Å². The van der Waals surface area contributed by atoms with E-state index in [4.69, 9.17) is 14.2 Å². The van der Waals surface area contributed by atoms with Crippen molar-refractivity contribution in [2.45, 2.75) is 64.3 Å². The quantitative estimate of drug-likeness (QED) is 0.142. The van der Waals surface area contributed by atoms with Crippen LogP contribution < -0.4 is 26.0 Å². The molecule has 0 aliphatic rings. The van der Waals surface area contributed by atoms with Crippen LogP contribution in [0.1, 0.15) is 43.4 Å². The van der Waals surface area contributed by atoms with Gasteiger partial charge in [-0.1, -0.05) is 86.6 Å². The number of amides is 3. The molecule has 3 aromatic rings. The third kappa shape index (κ3) is 13.4. The van der Waals surface area contributed by atoms with Gasteiger partial charge in [0.1, 0.15) is 24.4 Å². The van der Waals surface area contributed by atoms with Crippen molar-refractivity contribution in [3.05, 3.63) is 102 Å². The molecule has 0 bridgehead atoms. The Bertz CT molecular complexity index is 1420. The predicted octanol–water partition coefficient (Wildman–Crippen LogP) is 3.94. The molecule has 3 rings (SSSR count). The van der Waals surface area contributed by atoms with Crippen molar-refractivity contribution in [1.82, 2.24) is 21.3 Å². The van der Waals surface area contributed by atoms with Gasteiger partial charge in [0.15, 0.2) is 0 Å². The molecular weight excluding hydrogens is 612 g/mol. The van der Waals surface area contributed by atoms with E-state index < -0.39 is 36.1 Å². The van der Waals surface area contributed by atoms with Crippen LogP contribution in [0.4, 0.5) is 4.79 Å². The van der Waals surface area contributed by atoms with Crippen LogP contribution in [0, 0.1) is 5.92 Å². The summed E-state index contributed by atoms with van der Waals surface area (Å²) in [4.78, 5) is 52.3. The molecule has 0 aromatic heterocycles. The number of carbonyl (C=O) groups excluding carboxylic acids is 4. The van der Waals surface area contributed by atoms with Gasteiger partial charge in [-0.3, -0.25) is 19.7 Å². The zero-order valence-electron chi connectivity index (χ0n) is 28.2. The molecule has 0 spiro atoms. The lowest BCUT2D eigenvalue weighted by atomic mass is 9.99. The van der Waals surface area contributed by atoms with E-state index in [1.165, 1.54) is 7.11 Å². The number of methoxy groups -OCH3 is 2. The van der Waals surface area contributed by atoms with Crippen LogP contribution in [0.5, 0.6) is 5.75 Å². The van der Waals surface area contributed by atoms with E-state index in [9.17, 15) is 19.2 Å². The van der Waals surface area contributed by atoms with E-state index in [0.717, 1.165) is 16.7 Å². The minimum absolute atomic E-state index is 0.0809. The molecule has 0 heterocycles. The van der Waals surface area contributed by atoms with Crippen molar-refractivity contribution in [3.63, 3.8) is 0 Å². The Morgan fingerprint density at radius 3 is 1.94 bits per heavy atom. The first-order valence-electron chi connectivity index (χ1n) is 16.2. The van der Waals surface area contributed by atoms with Crippen LogP contribution in [-0.2, 0) is 43.3 Å². The Balaban J connectivity index is 1.67. The lowest BCUT2D eigenvalue weighted by Gasteiger charge is -2.27. The van der Waals surface area contributed by atoms with E-state index in [-0.39, 0.29) is 37.8 Å². The normalized spacial score (nSPS) is 12.7. The summed E-state index contributed by atoms with van der Waals surface area (Å²) in [7, 11) is 2.84. The first kappa shape index (κ1) is 37.6. The van der Waals surface area contributed by atoms with Gasteiger partial charge in [-0.2, -0.15) is 0 Å². The molecule has 11 nitrogen and oxygen atoms in total. The standard InChI is InChI=1S/C37H48N4O7/c1-26(2)23-32(40-31(36(44)47-4)20-22-39-37(45)48-25-29-13-9-6-10-14-29)35(43)41-33(24-28-15-17-30(46-3)18-16-28)34(42)38-21-19-27-11-7-5-8-12-27/h5-18,26,31-33,40H,19-25H2,1-4H3,(H,38,42)(H,39,45)(H,41,43)/t31?,32-,33-/m0/s1. The first-order chi connectivity index (χ1) is 23.2. The second kappa shape index (κ2) is 20.4. The summed E-state index contributed by atoms with van der Waals surface area (Å²) >= 11 is 0. The molecule has 0 saturated carbocycles. The lowest BCUT2D eigenvalue weighted by Crippen LogP contribution is -2.57. The topological polar surface area (TPSA) is 144 Å². The molecule has 0 saturated heterocycles. The molecule has 0 fully saturated rings. The van der Waals surface area contributed by atoms with Gasteiger partial charge in [0, 0.05) is 19.5 Å². The summed E-state index contributed by atoms with van der Waals surface area (Å²) in [5, 5.41) is 11.7. The van der Waals surface area contributed by atoms with E-state index in [0.29, 0.717) is 25.1 Å². The van der Waals surface area contributed by atoms with E-state index >= 15 is 0 Å². The van der Waals surface area contributed by atoms with Crippen molar-refractivity contribution in [2.24, 2.45) is 5.92 Å². The first-order valence-corrected chi connectivity index (χ1v) is 16.2. The number of hydrogen-bond acceptors (Lipinski definition) is 8. The lowest BCUT2D eigenvalue weighted by molar-refractivity contribution is -0.144. The number of nitrogens with one attached hydrogen (secondary N) is 4. The van der Waals surface area contributed by atoms with Gasteiger partial charge in [-0.15, -0.1) is 0 Å². The highest BCUT2D eigenvalue weighted by Crippen LogP contribution is 2.14. The molecule has 0 aliphatic carbocycles. The highest BCUT2D eigenvalue weighted by atomic mass is 16.5. The summed E-state index contributed by atoms with van der Waals surface area (Å²) in [6.45, 7) is 4.53. The van der Waals surface area contributed by atoms with Gasteiger partial charge in [-0.05, 0) is 54.0 Å². The molecule has 1 unspecified atom stereocenters. The largest absolute Gasteiger partial charge is 0.497 e. The van der Waals surface area contributed by atoms with Crippen LogP contribution in [0.3, 0.4) is 0 Å². The summed E-state index contributed by atoms with van der Waals surface area (Å²) < 4.78 is 15.5. The third-order valence-electron chi connectivity index (χ3n) is 7.61. The van der Waals surface area contributed by atoms with Crippen molar-refractivity contribution in [2.75, 3.05) is 27.3 Å². The monoisotopic (exact) mass is 660 g/mol. The molecule has 3 atom stereocenters. The SMILES string of the molecule is COC(=O)C(CCNC(=O)OCc1ccccc1)N[C@@H](CC(C)C)C(=O)N[C@@H](Cc1ccc(OC)cc1)C(=O)NCCc1ccccc1. The van der Waals surface area contributed by atoms with E-state index in [1.807, 2.05) is 86.6 Å². The van der Waals surface area contributed by atoms with Gasteiger partial charge in [0.05, 0.1) is 20.3 Å². The van der Waals surface area contributed by atoms with Gasteiger partial charge >= 0.3 is 12.1 Å². The maximum absolute atomic E-state index is 13.8. The second-order valence-electron chi connectivity index (χ2n) is 11.8. The fraction of sp³-hybridized carbons (Fsp3) is 0.405. The summed E-state index contributed by atoms with van der Waals surface area (Å²) in [6, 6.07) is 23.8. The maximum Gasteiger partial charge on any atom is 0.407 e. The average molecular weight is 661 g/mol. The average Bonchev–Trinajstić information content (AvgIpc) is 3.10. The molecule has 0 radical (unpaired) electrons. The van der Waals surface area contributed by atoms with E-state index in [1.54, 1.807) is 19.2 Å². The summed E-state index contributed by atoms with van der Waals surface area (Å²) in [6.07, 6.45) is 0.790. The highest BCUT2D eigenvalue weighted by molar-refractivity contribution is 5.90. The van der Waals surface area contributed by atoms with Crippen LogP contribution in [0.25, 0.3) is 0 Å². The molecule has 3 amide bonds. The molecular formula is C37H48N4O7. The number of rotatable bonds is 19. The molecule has 4 N–H and O–H groups in total. The Labute approximate surface area is 283 Å². The third-order valence-corrected chi connectivity index (χ3v) is 7.61. The molecule has 11 heteroatoms. The summed E-state index contributed by atoms with van der Waals surface area (Å²) in [5.74, 6) is -0.562. The van der Waals surface area contributed by atoms with Crippen molar-refractivity contribution in [1.29, 1.82) is 0 Å². The molecule has 48 heavy (non-hydrogen) atoms. The fourth-order valence-electron chi connectivity index (χ4n) is 5.05. The van der Waals surface area contributed by atoms with Crippen molar-refractivity contribution in [3.8, 4) is 5.75 Å². The number of esters is 1.